The number of fused-ring (bicyclic) bond motifs is 1. The van der Waals surface area contributed by atoms with Crippen LogP contribution in [-0.2, 0) is 16.1 Å². The highest BCUT2D eigenvalue weighted by Crippen LogP contribution is 2.24. The van der Waals surface area contributed by atoms with Gasteiger partial charge in [-0.15, -0.1) is 0 Å². The smallest absolute Gasteiger partial charge is 0.310 e. The maximum absolute atomic E-state index is 11.9. The topological polar surface area (TPSA) is 69.7 Å². The zero-order chi connectivity index (χ0) is 17.8. The first kappa shape index (κ1) is 17.3. The van der Waals surface area contributed by atoms with Gasteiger partial charge in [-0.05, 0) is 30.4 Å². The lowest BCUT2D eigenvalue weighted by Crippen LogP contribution is -2.40. The van der Waals surface area contributed by atoms with Crippen molar-refractivity contribution in [3.05, 3.63) is 36.0 Å². The summed E-state index contributed by atoms with van der Waals surface area (Å²) in [4.78, 5) is 22.2. The number of likely N-dealkylation sites (tertiary alicyclic amines) is 1. The van der Waals surface area contributed by atoms with Crippen molar-refractivity contribution in [1.29, 1.82) is 0 Å². The highest BCUT2D eigenvalue weighted by molar-refractivity contribution is 5.83. The number of hydrogen-bond donors (Lipinski definition) is 2. The van der Waals surface area contributed by atoms with Gasteiger partial charge >= 0.3 is 5.97 Å². The summed E-state index contributed by atoms with van der Waals surface area (Å²) in [6.07, 6.45) is 0. The fraction of sp³-hybridized carbons (Fsp3) is 0.474. The summed E-state index contributed by atoms with van der Waals surface area (Å²) >= 11 is 0. The van der Waals surface area contributed by atoms with Crippen molar-refractivity contribution in [1.82, 2.24) is 15.2 Å². The number of nitrogens with zero attached hydrogens (tertiary/aromatic N) is 2. The molecule has 6 heteroatoms. The number of para-hydroxylation sites is 1. The number of aromatic amines is 1. The molecule has 0 amide bonds. The number of rotatable bonds is 4. The zero-order valence-electron chi connectivity index (χ0n) is 15.1. The van der Waals surface area contributed by atoms with Gasteiger partial charge in [-0.2, -0.15) is 0 Å². The van der Waals surface area contributed by atoms with E-state index in [4.69, 9.17) is 9.73 Å². The number of methoxy groups -OCH3 is 1. The molecule has 0 saturated carbocycles. The van der Waals surface area contributed by atoms with Crippen LogP contribution in [-0.4, -0.2) is 48.6 Å². The highest BCUT2D eigenvalue weighted by Gasteiger charge is 2.36. The molecule has 134 valence electrons. The van der Waals surface area contributed by atoms with Crippen LogP contribution < -0.4 is 5.32 Å². The van der Waals surface area contributed by atoms with Gasteiger partial charge in [0.25, 0.3) is 0 Å². The Labute approximate surface area is 148 Å². The molecule has 2 aromatic rings. The molecule has 2 unspecified atom stereocenters. The Balaban J connectivity index is 1.74. The van der Waals surface area contributed by atoms with Gasteiger partial charge in [-0.1, -0.05) is 25.1 Å². The van der Waals surface area contributed by atoms with Gasteiger partial charge in [0.05, 0.1) is 19.6 Å². The second-order valence-electron chi connectivity index (χ2n) is 6.56. The van der Waals surface area contributed by atoms with Crippen LogP contribution in [0.4, 0.5) is 0 Å². The predicted octanol–water partition coefficient (Wildman–Crippen LogP) is 2.37. The first-order valence-electron chi connectivity index (χ1n) is 8.80. The minimum atomic E-state index is -0.138. The first-order chi connectivity index (χ1) is 12.1. The third-order valence-electron chi connectivity index (χ3n) is 4.74. The summed E-state index contributed by atoms with van der Waals surface area (Å²) < 4.78 is 4.92. The molecule has 0 aliphatic carbocycles. The van der Waals surface area contributed by atoms with E-state index in [0.29, 0.717) is 13.1 Å². The number of carbonyl (C=O) groups excluding carboxylic acids is 1. The van der Waals surface area contributed by atoms with Gasteiger partial charge in [0.1, 0.15) is 0 Å². The minimum absolute atomic E-state index is 0.0954. The summed E-state index contributed by atoms with van der Waals surface area (Å²) in [5, 5.41) is 4.53. The Morgan fingerprint density at radius 2 is 2.20 bits per heavy atom. The van der Waals surface area contributed by atoms with Crippen LogP contribution >= 0.6 is 0 Å². The van der Waals surface area contributed by atoms with Gasteiger partial charge in [-0.25, -0.2) is 4.99 Å². The van der Waals surface area contributed by atoms with E-state index in [0.717, 1.165) is 30.3 Å². The van der Waals surface area contributed by atoms with Crippen LogP contribution in [0.5, 0.6) is 0 Å². The van der Waals surface area contributed by atoms with Gasteiger partial charge < -0.3 is 19.9 Å². The largest absolute Gasteiger partial charge is 0.469 e. The monoisotopic (exact) mass is 342 g/mol. The quantitative estimate of drug-likeness (QED) is 0.508. The van der Waals surface area contributed by atoms with Crippen LogP contribution in [0.15, 0.2) is 35.3 Å². The molecule has 1 aromatic heterocycles. The molecular formula is C19H26N4O2. The summed E-state index contributed by atoms with van der Waals surface area (Å²) in [5.74, 6) is 0.868. The van der Waals surface area contributed by atoms with Crippen molar-refractivity contribution < 1.29 is 9.53 Å². The molecule has 3 rings (SSSR count). The molecule has 1 saturated heterocycles. The van der Waals surface area contributed by atoms with Gasteiger partial charge in [0.2, 0.25) is 0 Å². The van der Waals surface area contributed by atoms with Gasteiger partial charge in [0.15, 0.2) is 5.96 Å². The summed E-state index contributed by atoms with van der Waals surface area (Å²) in [6, 6.07) is 10.3. The molecule has 6 nitrogen and oxygen atoms in total. The Kier molecular flexibility index (Phi) is 5.26. The summed E-state index contributed by atoms with van der Waals surface area (Å²) in [5.41, 5.74) is 2.20. The number of benzene rings is 1. The number of guanidine groups is 1. The van der Waals surface area contributed by atoms with Crippen molar-refractivity contribution in [2.24, 2.45) is 16.8 Å². The average Bonchev–Trinajstić information content (AvgIpc) is 3.21. The van der Waals surface area contributed by atoms with Crippen LogP contribution in [0.25, 0.3) is 10.9 Å². The Morgan fingerprint density at radius 3 is 2.92 bits per heavy atom. The van der Waals surface area contributed by atoms with E-state index in [-0.39, 0.29) is 17.8 Å². The lowest BCUT2D eigenvalue weighted by Gasteiger charge is -2.21. The van der Waals surface area contributed by atoms with E-state index >= 15 is 0 Å². The maximum Gasteiger partial charge on any atom is 0.310 e. The van der Waals surface area contributed by atoms with Crippen molar-refractivity contribution >= 4 is 22.8 Å². The standard InChI is InChI=1S/C19H26N4O2/c1-4-20-19(23-11-13(2)16(12-23)18(24)25-3)21-10-15-9-14-7-5-6-8-17(14)22-15/h5-9,13,16,22H,4,10-12H2,1-3H3,(H,20,21). The Morgan fingerprint density at radius 1 is 1.40 bits per heavy atom. The van der Waals surface area contributed by atoms with Crippen LogP contribution in [0, 0.1) is 11.8 Å². The summed E-state index contributed by atoms with van der Waals surface area (Å²) in [7, 11) is 1.45. The van der Waals surface area contributed by atoms with E-state index < -0.39 is 0 Å². The number of aliphatic imine (C=N–C) groups is 1. The van der Waals surface area contributed by atoms with E-state index in [1.54, 1.807) is 0 Å². The van der Waals surface area contributed by atoms with E-state index in [1.165, 1.54) is 12.5 Å². The molecule has 1 fully saturated rings. The lowest BCUT2D eigenvalue weighted by molar-refractivity contribution is -0.145. The first-order valence-corrected chi connectivity index (χ1v) is 8.80. The van der Waals surface area contributed by atoms with Crippen molar-refractivity contribution in [3.63, 3.8) is 0 Å². The van der Waals surface area contributed by atoms with Gasteiger partial charge in [-0.3, -0.25) is 4.79 Å². The highest BCUT2D eigenvalue weighted by atomic mass is 16.5. The maximum atomic E-state index is 11.9. The number of nitrogens with one attached hydrogen (secondary N) is 2. The van der Waals surface area contributed by atoms with E-state index in [1.807, 2.05) is 12.1 Å². The second-order valence-corrected chi connectivity index (χ2v) is 6.56. The fourth-order valence-corrected chi connectivity index (χ4v) is 3.40. The molecule has 0 spiro atoms. The van der Waals surface area contributed by atoms with Crippen LogP contribution in [0.1, 0.15) is 19.5 Å². The molecule has 25 heavy (non-hydrogen) atoms. The van der Waals surface area contributed by atoms with Gasteiger partial charge in [0, 0.05) is 30.8 Å². The van der Waals surface area contributed by atoms with Crippen LogP contribution in [0.2, 0.25) is 0 Å². The molecule has 0 bridgehead atoms. The SMILES string of the molecule is CCNC(=NCc1cc2ccccc2[nH]1)N1CC(C)C(C(=O)OC)C1. The third kappa shape index (κ3) is 3.78. The molecule has 0 radical (unpaired) electrons. The minimum Gasteiger partial charge on any atom is -0.469 e. The normalized spacial score (nSPS) is 20.9. The molecule has 2 heterocycles. The number of aromatic nitrogens is 1. The predicted molar refractivity (Wildman–Crippen MR) is 99.4 cm³/mol. The third-order valence-corrected chi connectivity index (χ3v) is 4.74. The number of esters is 1. The summed E-state index contributed by atoms with van der Waals surface area (Å²) in [6.45, 7) is 6.95. The Hall–Kier alpha value is -2.50. The molecule has 1 aromatic carbocycles. The molecule has 2 atom stereocenters. The average molecular weight is 342 g/mol. The van der Waals surface area contributed by atoms with Crippen molar-refractivity contribution in [2.75, 3.05) is 26.7 Å². The van der Waals surface area contributed by atoms with Crippen molar-refractivity contribution in [2.45, 2.75) is 20.4 Å². The number of carbonyl (C=O) groups is 1. The second kappa shape index (κ2) is 7.59. The number of ether oxygens (including phenoxy) is 1. The fourth-order valence-electron chi connectivity index (χ4n) is 3.40. The Bertz CT molecular complexity index is 735. The molecule has 1 aliphatic heterocycles. The number of hydrogen-bond acceptors (Lipinski definition) is 3. The van der Waals surface area contributed by atoms with Crippen molar-refractivity contribution in [3.8, 4) is 0 Å². The van der Waals surface area contributed by atoms with E-state index in [9.17, 15) is 4.79 Å². The molecule has 2 N–H and O–H groups in total. The zero-order valence-corrected chi connectivity index (χ0v) is 15.1. The lowest BCUT2D eigenvalue weighted by atomic mass is 9.99. The van der Waals surface area contributed by atoms with E-state index in [2.05, 4.69) is 47.2 Å². The molecular weight excluding hydrogens is 316 g/mol. The molecule has 1 aliphatic rings. The number of H-pyrrole nitrogens is 1. The van der Waals surface area contributed by atoms with Crippen LogP contribution in [0.3, 0.4) is 0 Å².